The van der Waals surface area contributed by atoms with Crippen LogP contribution in [0, 0.1) is 0 Å². The first kappa shape index (κ1) is 18.4. The maximum Gasteiger partial charge on any atom is 0.327 e. The zero-order valence-corrected chi connectivity index (χ0v) is 11.8. The number of unbranched alkanes of at least 4 members (excludes halogenated alkanes) is 7. The maximum atomic E-state index is 9.28. The van der Waals surface area contributed by atoms with Crippen molar-refractivity contribution in [3.63, 3.8) is 0 Å². The van der Waals surface area contributed by atoms with E-state index in [2.05, 4.69) is 11.4 Å². The minimum atomic E-state index is -0.220. The zero-order chi connectivity index (χ0) is 12.5. The molecule has 0 aliphatic rings. The predicted molar refractivity (Wildman–Crippen MR) is 70.9 cm³/mol. The van der Waals surface area contributed by atoms with Gasteiger partial charge in [-0.25, -0.2) is 4.57 Å². The summed E-state index contributed by atoms with van der Waals surface area (Å²) in [4.78, 5) is 0. The number of hydrogen-bond acceptors (Lipinski definition) is 3. The van der Waals surface area contributed by atoms with E-state index in [0.717, 1.165) is 6.54 Å². The minimum absolute atomic E-state index is 0.220. The zero-order valence-electron chi connectivity index (χ0n) is 10.9. The van der Waals surface area contributed by atoms with E-state index in [0.29, 0.717) is 6.61 Å². The molecule has 0 heterocycles. The summed E-state index contributed by atoms with van der Waals surface area (Å²) >= 11 is 0. The van der Waals surface area contributed by atoms with Crippen LogP contribution in [0.5, 0.6) is 0 Å². The van der Waals surface area contributed by atoms with Gasteiger partial charge in [0.25, 0.3) is 0 Å². The SMILES string of the molecule is CCCCCCCCCCN.CCOP=O. The highest BCUT2D eigenvalue weighted by Crippen LogP contribution is 2.07. The van der Waals surface area contributed by atoms with Gasteiger partial charge in [-0.2, -0.15) is 0 Å². The highest BCUT2D eigenvalue weighted by atomic mass is 31.1. The number of nitrogens with two attached hydrogens (primary N) is 1. The van der Waals surface area contributed by atoms with Crippen LogP contribution in [0.25, 0.3) is 0 Å². The van der Waals surface area contributed by atoms with Crippen molar-refractivity contribution in [1.82, 2.24) is 0 Å². The number of rotatable bonds is 10. The molecule has 3 nitrogen and oxygen atoms in total. The summed E-state index contributed by atoms with van der Waals surface area (Å²) in [5, 5.41) is 0. The van der Waals surface area contributed by atoms with Crippen molar-refractivity contribution >= 4 is 8.69 Å². The third kappa shape index (κ3) is 23.7. The van der Waals surface area contributed by atoms with Gasteiger partial charge >= 0.3 is 8.69 Å². The first-order valence-electron chi connectivity index (χ1n) is 6.48. The average Bonchev–Trinajstić information content (AvgIpc) is 2.30. The van der Waals surface area contributed by atoms with Gasteiger partial charge in [0, 0.05) is 0 Å². The first-order chi connectivity index (χ1) is 7.83. The van der Waals surface area contributed by atoms with Crippen molar-refractivity contribution in [2.75, 3.05) is 13.2 Å². The second kappa shape index (κ2) is 20.4. The quantitative estimate of drug-likeness (QED) is 0.463. The Hall–Kier alpha value is 0.0200. The van der Waals surface area contributed by atoms with Gasteiger partial charge in [-0.15, -0.1) is 0 Å². The molecule has 0 saturated heterocycles. The van der Waals surface area contributed by atoms with Crippen molar-refractivity contribution in [3.05, 3.63) is 0 Å². The molecule has 0 spiro atoms. The molecule has 2 N–H and O–H groups in total. The molecule has 0 saturated carbocycles. The van der Waals surface area contributed by atoms with Crippen LogP contribution < -0.4 is 5.73 Å². The molecular formula is C12H28NO2P. The third-order valence-electron chi connectivity index (χ3n) is 2.24. The standard InChI is InChI=1S/C10H23N.C2H5O2P/c1-2-3-4-5-6-7-8-9-10-11;1-2-4-5-3/h2-11H2,1H3;2H2,1H3. The smallest absolute Gasteiger partial charge is 0.327 e. The van der Waals surface area contributed by atoms with E-state index in [4.69, 9.17) is 5.73 Å². The van der Waals surface area contributed by atoms with Crippen LogP contribution in [0.15, 0.2) is 0 Å². The summed E-state index contributed by atoms with van der Waals surface area (Å²) in [6, 6.07) is 0. The fourth-order valence-electron chi connectivity index (χ4n) is 1.33. The van der Waals surface area contributed by atoms with Crippen LogP contribution in [0.4, 0.5) is 0 Å². The molecular weight excluding hydrogens is 221 g/mol. The van der Waals surface area contributed by atoms with Crippen LogP contribution in [-0.2, 0) is 9.09 Å². The molecule has 0 aliphatic carbocycles. The molecule has 0 rings (SSSR count). The van der Waals surface area contributed by atoms with Crippen LogP contribution >= 0.6 is 8.69 Å². The van der Waals surface area contributed by atoms with E-state index >= 15 is 0 Å². The molecule has 4 heteroatoms. The Bertz CT molecular complexity index is 116. The molecule has 0 fully saturated rings. The lowest BCUT2D eigenvalue weighted by atomic mass is 10.1. The molecule has 0 amide bonds. The second-order valence-corrected chi connectivity index (χ2v) is 4.16. The topological polar surface area (TPSA) is 52.3 Å². The van der Waals surface area contributed by atoms with Crippen LogP contribution in [0.2, 0.25) is 0 Å². The summed E-state index contributed by atoms with van der Waals surface area (Å²) in [5.41, 5.74) is 5.39. The molecule has 0 radical (unpaired) electrons. The van der Waals surface area contributed by atoms with E-state index in [1.165, 1.54) is 51.4 Å². The highest BCUT2D eigenvalue weighted by Gasteiger charge is 1.89. The Morgan fingerprint density at radius 1 is 0.938 bits per heavy atom. The van der Waals surface area contributed by atoms with Gasteiger partial charge < -0.3 is 5.73 Å². The molecule has 98 valence electrons. The normalized spacial score (nSPS) is 9.94. The molecule has 0 aromatic rings. The van der Waals surface area contributed by atoms with Crippen LogP contribution in [-0.4, -0.2) is 13.2 Å². The lowest BCUT2D eigenvalue weighted by molar-refractivity contribution is 0.365. The van der Waals surface area contributed by atoms with Crippen LogP contribution in [0.3, 0.4) is 0 Å². The Morgan fingerprint density at radius 3 is 1.75 bits per heavy atom. The van der Waals surface area contributed by atoms with E-state index in [1.807, 2.05) is 0 Å². The van der Waals surface area contributed by atoms with Crippen molar-refractivity contribution in [2.24, 2.45) is 5.73 Å². The summed E-state index contributed by atoms with van der Waals surface area (Å²) in [7, 11) is -0.220. The molecule has 0 unspecified atom stereocenters. The molecule has 0 aromatic carbocycles. The molecule has 0 atom stereocenters. The lowest BCUT2D eigenvalue weighted by Gasteiger charge is -1.99. The number of hydrogen-bond donors (Lipinski definition) is 1. The van der Waals surface area contributed by atoms with Gasteiger partial charge in [0.15, 0.2) is 0 Å². The Labute approximate surface area is 102 Å². The van der Waals surface area contributed by atoms with Crippen molar-refractivity contribution in [2.45, 2.75) is 65.2 Å². The van der Waals surface area contributed by atoms with E-state index in [1.54, 1.807) is 6.92 Å². The molecule has 0 bridgehead atoms. The largest absolute Gasteiger partial charge is 0.330 e. The van der Waals surface area contributed by atoms with Crippen molar-refractivity contribution in [3.8, 4) is 0 Å². The minimum Gasteiger partial charge on any atom is -0.330 e. The fourth-order valence-corrected chi connectivity index (χ4v) is 1.44. The van der Waals surface area contributed by atoms with Crippen molar-refractivity contribution < 1.29 is 9.09 Å². The monoisotopic (exact) mass is 249 g/mol. The van der Waals surface area contributed by atoms with E-state index in [-0.39, 0.29) is 8.69 Å². The summed E-state index contributed by atoms with van der Waals surface area (Å²) in [6.07, 6.45) is 11.0. The summed E-state index contributed by atoms with van der Waals surface area (Å²) in [6.45, 7) is 5.43. The van der Waals surface area contributed by atoms with Crippen molar-refractivity contribution in [1.29, 1.82) is 0 Å². The van der Waals surface area contributed by atoms with Gasteiger partial charge in [-0.3, -0.25) is 4.52 Å². The average molecular weight is 249 g/mol. The molecule has 0 aliphatic heterocycles. The Balaban J connectivity index is 0. The van der Waals surface area contributed by atoms with Gasteiger partial charge in [-0.05, 0) is 19.9 Å². The highest BCUT2D eigenvalue weighted by molar-refractivity contribution is 7.17. The lowest BCUT2D eigenvalue weighted by Crippen LogP contribution is -1.97. The first-order valence-corrected chi connectivity index (χ1v) is 7.21. The molecule has 0 aromatic heterocycles. The van der Waals surface area contributed by atoms with Gasteiger partial charge in [0.2, 0.25) is 0 Å². The van der Waals surface area contributed by atoms with E-state index in [9.17, 15) is 4.57 Å². The summed E-state index contributed by atoms with van der Waals surface area (Å²) < 4.78 is 13.5. The van der Waals surface area contributed by atoms with E-state index < -0.39 is 0 Å². The predicted octanol–water partition coefficient (Wildman–Crippen LogP) is 4.32. The van der Waals surface area contributed by atoms with Gasteiger partial charge in [0.05, 0.1) is 6.61 Å². The fraction of sp³-hybridized carbons (Fsp3) is 1.00. The Morgan fingerprint density at radius 2 is 1.44 bits per heavy atom. The summed E-state index contributed by atoms with van der Waals surface area (Å²) in [5.74, 6) is 0. The Kier molecular flexibility index (Phi) is 23.5. The molecule has 16 heavy (non-hydrogen) atoms. The van der Waals surface area contributed by atoms with Crippen LogP contribution in [0.1, 0.15) is 65.2 Å². The third-order valence-corrected chi connectivity index (χ3v) is 2.60. The second-order valence-electron chi connectivity index (χ2n) is 3.76. The maximum absolute atomic E-state index is 9.28. The van der Waals surface area contributed by atoms with Gasteiger partial charge in [0.1, 0.15) is 0 Å². The van der Waals surface area contributed by atoms with Gasteiger partial charge in [-0.1, -0.05) is 51.9 Å².